The van der Waals surface area contributed by atoms with E-state index in [2.05, 4.69) is 0 Å². The fourth-order valence-electron chi connectivity index (χ4n) is 4.00. The van der Waals surface area contributed by atoms with E-state index < -0.39 is 17.6 Å². The largest absolute Gasteiger partial charge is 0.497 e. The van der Waals surface area contributed by atoms with Crippen LogP contribution in [0.2, 0.25) is 0 Å². The number of benzene rings is 3. The van der Waals surface area contributed by atoms with Gasteiger partial charge in [0.1, 0.15) is 17.4 Å². The Kier molecular flexibility index (Phi) is 5.65. The van der Waals surface area contributed by atoms with E-state index in [0.29, 0.717) is 34.7 Å². The number of carbonyl (C=O) groups is 2. The second-order valence-electron chi connectivity index (χ2n) is 7.52. The van der Waals surface area contributed by atoms with Crippen molar-refractivity contribution in [3.05, 3.63) is 76.9 Å². The average Bonchev–Trinajstić information content (AvgIpc) is 2.78. The number of hydrogen-bond donors (Lipinski definition) is 0. The van der Waals surface area contributed by atoms with Crippen molar-refractivity contribution < 1.29 is 27.8 Å². The van der Waals surface area contributed by atoms with E-state index in [4.69, 9.17) is 9.47 Å². The molecular weight excluding hydrogens is 416 g/mol. The summed E-state index contributed by atoms with van der Waals surface area (Å²) in [6, 6.07) is 11.8. The molecule has 1 heterocycles. The maximum Gasteiger partial charge on any atom is 0.337 e. The summed E-state index contributed by atoms with van der Waals surface area (Å²) in [7, 11) is 2.77. The van der Waals surface area contributed by atoms with Gasteiger partial charge in [-0.2, -0.15) is 0 Å². The zero-order valence-electron chi connectivity index (χ0n) is 17.9. The van der Waals surface area contributed by atoms with Crippen molar-refractivity contribution in [1.82, 2.24) is 0 Å². The first-order chi connectivity index (χ1) is 15.3. The number of nitrogens with zero attached hydrogens (tertiary/aromatic N) is 1. The Balaban J connectivity index is 1.96. The van der Waals surface area contributed by atoms with Gasteiger partial charge in [0.2, 0.25) is 5.91 Å². The fraction of sp³-hybridized carbons (Fsp3) is 0.200. The van der Waals surface area contributed by atoms with Gasteiger partial charge < -0.3 is 9.47 Å². The highest BCUT2D eigenvalue weighted by Crippen LogP contribution is 2.44. The number of esters is 1. The molecule has 7 heteroatoms. The number of methoxy groups -OCH3 is 2. The van der Waals surface area contributed by atoms with Gasteiger partial charge in [-0.3, -0.25) is 9.69 Å². The highest BCUT2D eigenvalue weighted by atomic mass is 19.1. The highest BCUT2D eigenvalue weighted by Gasteiger charge is 2.30. The highest BCUT2D eigenvalue weighted by molar-refractivity contribution is 6.06. The number of amides is 1. The first-order valence-electron chi connectivity index (χ1n) is 10.0. The predicted octanol–water partition coefficient (Wildman–Crippen LogP) is 5.35. The summed E-state index contributed by atoms with van der Waals surface area (Å²) >= 11 is 0. The molecule has 1 aliphatic heterocycles. The molecule has 0 saturated heterocycles. The molecule has 3 aromatic rings. The van der Waals surface area contributed by atoms with Gasteiger partial charge >= 0.3 is 5.97 Å². The lowest BCUT2D eigenvalue weighted by atomic mass is 9.90. The van der Waals surface area contributed by atoms with Crippen molar-refractivity contribution in [3.8, 4) is 16.9 Å². The van der Waals surface area contributed by atoms with Gasteiger partial charge in [-0.1, -0.05) is 6.07 Å². The second kappa shape index (κ2) is 8.42. The van der Waals surface area contributed by atoms with Crippen LogP contribution >= 0.6 is 0 Å². The van der Waals surface area contributed by atoms with Crippen molar-refractivity contribution in [3.63, 3.8) is 0 Å². The predicted molar refractivity (Wildman–Crippen MR) is 116 cm³/mol. The summed E-state index contributed by atoms with van der Waals surface area (Å²) in [5.74, 6) is -1.64. The molecule has 0 fully saturated rings. The van der Waals surface area contributed by atoms with Crippen molar-refractivity contribution in [2.24, 2.45) is 0 Å². The lowest BCUT2D eigenvalue weighted by molar-refractivity contribution is -0.118. The third-order valence-corrected chi connectivity index (χ3v) is 5.61. The fourth-order valence-corrected chi connectivity index (χ4v) is 4.00. The van der Waals surface area contributed by atoms with Gasteiger partial charge in [0.15, 0.2) is 0 Å². The van der Waals surface area contributed by atoms with E-state index in [1.54, 1.807) is 30.3 Å². The van der Waals surface area contributed by atoms with Crippen LogP contribution in [-0.4, -0.2) is 26.1 Å². The lowest BCUT2D eigenvalue weighted by Crippen LogP contribution is -2.32. The molecule has 0 unspecified atom stereocenters. The van der Waals surface area contributed by atoms with Gasteiger partial charge in [-0.25, -0.2) is 13.6 Å². The Hall–Kier alpha value is -3.74. The Morgan fingerprint density at radius 1 is 0.938 bits per heavy atom. The van der Waals surface area contributed by atoms with Crippen molar-refractivity contribution in [2.75, 3.05) is 19.1 Å². The molecule has 0 aliphatic carbocycles. The van der Waals surface area contributed by atoms with Crippen LogP contribution in [0.15, 0.2) is 48.5 Å². The Bertz CT molecular complexity index is 1240. The number of hydrogen-bond acceptors (Lipinski definition) is 4. The Morgan fingerprint density at radius 3 is 2.41 bits per heavy atom. The Morgan fingerprint density at radius 2 is 1.72 bits per heavy atom. The number of fused-ring (bicyclic) bond motifs is 1. The van der Waals surface area contributed by atoms with Crippen LogP contribution in [0.25, 0.3) is 11.1 Å². The molecule has 1 aliphatic rings. The molecular formula is C25H21F2NO4. The number of aryl methyl sites for hydroxylation is 1. The van der Waals surface area contributed by atoms with Gasteiger partial charge in [-0.15, -0.1) is 0 Å². The number of anilines is 2. The van der Waals surface area contributed by atoms with Crippen LogP contribution in [0.1, 0.15) is 27.9 Å². The minimum Gasteiger partial charge on any atom is -0.497 e. The molecule has 5 nitrogen and oxygen atoms in total. The number of ether oxygens (including phenoxy) is 2. The van der Waals surface area contributed by atoms with Crippen LogP contribution in [0.4, 0.5) is 20.2 Å². The molecule has 0 radical (unpaired) electrons. The maximum absolute atomic E-state index is 14.7. The van der Waals surface area contributed by atoms with Crippen LogP contribution in [0.3, 0.4) is 0 Å². The summed E-state index contributed by atoms with van der Waals surface area (Å²) in [4.78, 5) is 26.7. The molecule has 0 aromatic heterocycles. The molecule has 0 N–H and O–H groups in total. The zero-order chi connectivity index (χ0) is 23.0. The summed E-state index contributed by atoms with van der Waals surface area (Å²) in [6.07, 6.45) is 0.577. The molecule has 3 aromatic carbocycles. The summed E-state index contributed by atoms with van der Waals surface area (Å²) in [5.41, 5.74) is 3.62. The molecule has 1 amide bonds. The topological polar surface area (TPSA) is 55.8 Å². The van der Waals surface area contributed by atoms with E-state index in [1.807, 2.05) is 6.92 Å². The van der Waals surface area contributed by atoms with Crippen molar-refractivity contribution in [1.29, 1.82) is 0 Å². The number of halogens is 2. The molecule has 164 valence electrons. The monoisotopic (exact) mass is 437 g/mol. The maximum atomic E-state index is 14.7. The number of rotatable bonds is 4. The smallest absolute Gasteiger partial charge is 0.337 e. The minimum atomic E-state index is -0.701. The van der Waals surface area contributed by atoms with Crippen LogP contribution in [0, 0.1) is 18.6 Å². The quantitative estimate of drug-likeness (QED) is 0.517. The molecule has 0 bridgehead atoms. The van der Waals surface area contributed by atoms with E-state index in [1.165, 1.54) is 31.3 Å². The number of carbonyl (C=O) groups excluding carboxylic acids is 2. The summed E-state index contributed by atoms with van der Waals surface area (Å²) < 4.78 is 38.4. The zero-order valence-corrected chi connectivity index (χ0v) is 17.9. The first-order valence-corrected chi connectivity index (χ1v) is 10.0. The first kappa shape index (κ1) is 21.5. The van der Waals surface area contributed by atoms with E-state index in [9.17, 15) is 18.4 Å². The third-order valence-electron chi connectivity index (χ3n) is 5.61. The van der Waals surface area contributed by atoms with Gasteiger partial charge in [0.05, 0.1) is 31.2 Å². The SMILES string of the molecule is COC(=O)c1ccc(C)c(N2C(=O)CCc3c(-c4ccc(F)cc4F)cc(OC)cc32)c1. The van der Waals surface area contributed by atoms with E-state index in [0.717, 1.165) is 17.2 Å². The Labute approximate surface area is 184 Å². The third kappa shape index (κ3) is 3.70. The van der Waals surface area contributed by atoms with Gasteiger partial charge in [0.25, 0.3) is 0 Å². The second-order valence-corrected chi connectivity index (χ2v) is 7.52. The van der Waals surface area contributed by atoms with Crippen LogP contribution in [-0.2, 0) is 16.0 Å². The molecule has 4 rings (SSSR count). The lowest BCUT2D eigenvalue weighted by Gasteiger charge is -2.32. The van der Waals surface area contributed by atoms with Crippen LogP contribution in [0.5, 0.6) is 5.75 Å². The van der Waals surface area contributed by atoms with Crippen LogP contribution < -0.4 is 9.64 Å². The summed E-state index contributed by atoms with van der Waals surface area (Å²) in [6.45, 7) is 1.83. The molecule has 32 heavy (non-hydrogen) atoms. The summed E-state index contributed by atoms with van der Waals surface area (Å²) in [5, 5.41) is 0. The van der Waals surface area contributed by atoms with Gasteiger partial charge in [-0.05, 0) is 60.4 Å². The van der Waals surface area contributed by atoms with Crippen molar-refractivity contribution in [2.45, 2.75) is 19.8 Å². The van der Waals surface area contributed by atoms with E-state index >= 15 is 0 Å². The normalized spacial score (nSPS) is 13.0. The molecule has 0 saturated carbocycles. The standard InChI is InChI=1S/C25H21F2NO4/c1-14-4-5-15(25(30)32-3)10-22(14)28-23-13-17(31-2)12-20(19(23)8-9-24(28)29)18-7-6-16(26)11-21(18)27/h4-7,10-13H,8-9H2,1-3H3. The molecule has 0 spiro atoms. The van der Waals surface area contributed by atoms with E-state index in [-0.39, 0.29) is 17.9 Å². The molecule has 0 atom stereocenters. The minimum absolute atomic E-state index is 0.165. The van der Waals surface area contributed by atoms with Gasteiger partial charge in [0, 0.05) is 24.1 Å². The van der Waals surface area contributed by atoms with Crippen molar-refractivity contribution >= 4 is 23.3 Å². The average molecular weight is 437 g/mol.